The van der Waals surface area contributed by atoms with E-state index >= 15 is 0 Å². The number of rotatable bonds is 5. The topological polar surface area (TPSA) is 30.8 Å². The van der Waals surface area contributed by atoms with Gasteiger partial charge in [-0.15, -0.1) is 0 Å². The third kappa shape index (κ3) is 3.85. The average molecular weight is 283 g/mol. The normalized spacial score (nSPS) is 10.9. The highest BCUT2D eigenvalue weighted by Crippen LogP contribution is 2.28. The van der Waals surface area contributed by atoms with Crippen LogP contribution in [0, 0.1) is 13.8 Å². The van der Waals surface area contributed by atoms with Gasteiger partial charge in [-0.25, -0.2) is 0 Å². The van der Waals surface area contributed by atoms with Gasteiger partial charge in [-0.1, -0.05) is 17.7 Å². The summed E-state index contributed by atoms with van der Waals surface area (Å²) in [5, 5.41) is 0. The number of nitrogens with zero attached hydrogens (tertiary/aromatic N) is 1. The summed E-state index contributed by atoms with van der Waals surface area (Å²) < 4.78 is 10.9. The second-order valence-corrected chi connectivity index (χ2v) is 4.89. The van der Waals surface area contributed by atoms with E-state index in [1.807, 2.05) is 37.4 Å². The van der Waals surface area contributed by atoms with Crippen molar-refractivity contribution in [1.82, 2.24) is 0 Å². The molecule has 0 aliphatic carbocycles. The summed E-state index contributed by atoms with van der Waals surface area (Å²) in [7, 11) is 1.64. The van der Waals surface area contributed by atoms with Gasteiger partial charge in [0.2, 0.25) is 0 Å². The predicted molar refractivity (Wildman–Crippen MR) is 87.3 cm³/mol. The Labute approximate surface area is 126 Å². The third-order valence-electron chi connectivity index (χ3n) is 3.19. The van der Waals surface area contributed by atoms with Crippen LogP contribution in [0.4, 0.5) is 5.69 Å². The Kier molecular flexibility index (Phi) is 4.99. The zero-order valence-corrected chi connectivity index (χ0v) is 13.0. The summed E-state index contributed by atoms with van der Waals surface area (Å²) in [6.07, 6.45) is 1.85. The summed E-state index contributed by atoms with van der Waals surface area (Å²) in [5.74, 6) is 1.48. The van der Waals surface area contributed by atoms with E-state index in [1.165, 1.54) is 11.1 Å². The van der Waals surface area contributed by atoms with Crippen LogP contribution in [0.5, 0.6) is 11.5 Å². The summed E-state index contributed by atoms with van der Waals surface area (Å²) in [5.41, 5.74) is 4.38. The van der Waals surface area contributed by atoms with Crippen LogP contribution in [-0.4, -0.2) is 19.9 Å². The smallest absolute Gasteiger partial charge is 0.161 e. The predicted octanol–water partition coefficient (Wildman–Crippen LogP) is 4.46. The van der Waals surface area contributed by atoms with Gasteiger partial charge in [0.05, 0.1) is 19.4 Å². The Bertz CT molecular complexity index is 648. The Morgan fingerprint density at radius 1 is 1.05 bits per heavy atom. The maximum absolute atomic E-state index is 5.57. The molecule has 110 valence electrons. The van der Waals surface area contributed by atoms with Crippen molar-refractivity contribution in [2.75, 3.05) is 13.7 Å². The van der Waals surface area contributed by atoms with Crippen molar-refractivity contribution in [3.05, 3.63) is 53.1 Å². The van der Waals surface area contributed by atoms with Crippen molar-refractivity contribution in [3.63, 3.8) is 0 Å². The molecule has 3 heteroatoms. The van der Waals surface area contributed by atoms with E-state index in [1.54, 1.807) is 7.11 Å². The van der Waals surface area contributed by atoms with Crippen LogP contribution in [-0.2, 0) is 0 Å². The monoisotopic (exact) mass is 283 g/mol. The van der Waals surface area contributed by atoms with Crippen molar-refractivity contribution in [3.8, 4) is 11.5 Å². The summed E-state index contributed by atoms with van der Waals surface area (Å²) >= 11 is 0. The molecule has 0 aromatic heterocycles. The van der Waals surface area contributed by atoms with Crippen LogP contribution in [0.3, 0.4) is 0 Å². The molecule has 21 heavy (non-hydrogen) atoms. The molecule has 0 unspecified atom stereocenters. The van der Waals surface area contributed by atoms with Crippen molar-refractivity contribution in [2.24, 2.45) is 4.99 Å². The minimum absolute atomic E-state index is 0.605. The lowest BCUT2D eigenvalue weighted by Gasteiger charge is -2.09. The van der Waals surface area contributed by atoms with Crippen molar-refractivity contribution >= 4 is 11.9 Å². The van der Waals surface area contributed by atoms with Gasteiger partial charge < -0.3 is 9.47 Å². The first-order valence-corrected chi connectivity index (χ1v) is 7.06. The van der Waals surface area contributed by atoms with Crippen molar-refractivity contribution in [1.29, 1.82) is 0 Å². The van der Waals surface area contributed by atoms with Gasteiger partial charge in [-0.2, -0.15) is 0 Å². The number of hydrogen-bond acceptors (Lipinski definition) is 3. The van der Waals surface area contributed by atoms with Gasteiger partial charge in [0.15, 0.2) is 11.5 Å². The maximum atomic E-state index is 5.57. The van der Waals surface area contributed by atoms with Crippen LogP contribution >= 0.6 is 0 Å². The Morgan fingerprint density at radius 3 is 2.52 bits per heavy atom. The molecule has 2 rings (SSSR count). The highest BCUT2D eigenvalue weighted by atomic mass is 16.5. The molecule has 0 radical (unpaired) electrons. The zero-order chi connectivity index (χ0) is 15.2. The number of aliphatic imine (C=N–C) groups is 1. The molecule has 0 aliphatic rings. The number of hydrogen-bond donors (Lipinski definition) is 0. The molecule has 0 spiro atoms. The molecular formula is C18H21NO2. The van der Waals surface area contributed by atoms with Gasteiger partial charge in [0.1, 0.15) is 0 Å². The number of aryl methyl sites for hydroxylation is 2. The highest BCUT2D eigenvalue weighted by molar-refractivity contribution is 5.83. The van der Waals surface area contributed by atoms with Gasteiger partial charge >= 0.3 is 0 Å². The zero-order valence-electron chi connectivity index (χ0n) is 13.0. The van der Waals surface area contributed by atoms with Crippen molar-refractivity contribution < 1.29 is 9.47 Å². The van der Waals surface area contributed by atoms with Gasteiger partial charge in [0.25, 0.3) is 0 Å². The molecule has 0 bridgehead atoms. The molecule has 2 aromatic rings. The molecule has 0 atom stereocenters. The summed E-state index contributed by atoms with van der Waals surface area (Å²) in [6, 6.07) is 12.0. The number of benzene rings is 2. The second kappa shape index (κ2) is 6.93. The largest absolute Gasteiger partial charge is 0.493 e. The van der Waals surface area contributed by atoms with Gasteiger partial charge in [0, 0.05) is 6.21 Å². The van der Waals surface area contributed by atoms with Crippen LogP contribution in [0.25, 0.3) is 0 Å². The van der Waals surface area contributed by atoms with Crippen molar-refractivity contribution in [2.45, 2.75) is 20.8 Å². The summed E-state index contributed by atoms with van der Waals surface area (Å²) in [6.45, 7) is 6.71. The Balaban J connectivity index is 2.26. The molecule has 0 saturated carbocycles. The maximum Gasteiger partial charge on any atom is 0.161 e. The number of methoxy groups -OCH3 is 1. The first-order chi connectivity index (χ1) is 10.1. The van der Waals surface area contributed by atoms with Crippen LogP contribution < -0.4 is 9.47 Å². The molecule has 0 aliphatic heterocycles. The lowest BCUT2D eigenvalue weighted by molar-refractivity contribution is 0.311. The van der Waals surface area contributed by atoms with Crippen LogP contribution in [0.2, 0.25) is 0 Å². The highest BCUT2D eigenvalue weighted by Gasteiger charge is 2.04. The Morgan fingerprint density at radius 2 is 1.86 bits per heavy atom. The standard InChI is InChI=1S/C18H21NO2/c1-5-21-18-11-15(7-9-17(18)20-4)12-19-16-8-6-13(2)10-14(16)3/h6-12H,5H2,1-4H3. The minimum Gasteiger partial charge on any atom is -0.493 e. The van der Waals surface area contributed by atoms with Crippen LogP contribution in [0.1, 0.15) is 23.6 Å². The first-order valence-electron chi connectivity index (χ1n) is 7.06. The molecule has 3 nitrogen and oxygen atoms in total. The lowest BCUT2D eigenvalue weighted by Crippen LogP contribution is -1.96. The molecule has 0 amide bonds. The van der Waals surface area contributed by atoms with E-state index < -0.39 is 0 Å². The SMILES string of the molecule is CCOc1cc(C=Nc2ccc(C)cc2C)ccc1OC. The fraction of sp³-hybridized carbons (Fsp3) is 0.278. The van der Waals surface area contributed by atoms with E-state index in [2.05, 4.69) is 31.0 Å². The molecule has 0 saturated heterocycles. The quantitative estimate of drug-likeness (QED) is 0.758. The molecule has 2 aromatic carbocycles. The molecule has 0 N–H and O–H groups in total. The lowest BCUT2D eigenvalue weighted by atomic mass is 10.1. The third-order valence-corrected chi connectivity index (χ3v) is 3.19. The fourth-order valence-corrected chi connectivity index (χ4v) is 2.14. The first kappa shape index (κ1) is 15.1. The molecule has 0 heterocycles. The fourth-order valence-electron chi connectivity index (χ4n) is 2.14. The van der Waals surface area contributed by atoms with E-state index in [9.17, 15) is 0 Å². The van der Waals surface area contributed by atoms with E-state index in [0.717, 1.165) is 22.7 Å². The second-order valence-electron chi connectivity index (χ2n) is 4.89. The summed E-state index contributed by atoms with van der Waals surface area (Å²) in [4.78, 5) is 4.55. The molecule has 0 fully saturated rings. The van der Waals surface area contributed by atoms with E-state index in [-0.39, 0.29) is 0 Å². The minimum atomic E-state index is 0.605. The van der Waals surface area contributed by atoms with Gasteiger partial charge in [-0.3, -0.25) is 4.99 Å². The van der Waals surface area contributed by atoms with E-state index in [4.69, 9.17) is 9.47 Å². The average Bonchev–Trinajstić information content (AvgIpc) is 2.47. The van der Waals surface area contributed by atoms with Gasteiger partial charge in [-0.05, 0) is 56.2 Å². The molecular weight excluding hydrogens is 262 g/mol. The van der Waals surface area contributed by atoms with Crippen LogP contribution in [0.15, 0.2) is 41.4 Å². The van der Waals surface area contributed by atoms with E-state index in [0.29, 0.717) is 6.61 Å². The Hall–Kier alpha value is -2.29. The number of ether oxygens (including phenoxy) is 2.